The minimum Gasteiger partial charge on any atom is -0.493 e. The zero-order valence-electron chi connectivity index (χ0n) is 16.7. The van der Waals surface area contributed by atoms with Crippen molar-refractivity contribution in [3.63, 3.8) is 0 Å². The van der Waals surface area contributed by atoms with Gasteiger partial charge in [-0.1, -0.05) is 48.5 Å². The van der Waals surface area contributed by atoms with Crippen LogP contribution in [0.2, 0.25) is 0 Å². The Balaban J connectivity index is 1.60. The molecule has 0 aliphatic rings. The number of imidazole rings is 1. The summed E-state index contributed by atoms with van der Waals surface area (Å²) in [7, 11) is 0. The van der Waals surface area contributed by atoms with E-state index in [2.05, 4.69) is 0 Å². The number of nitrogens with zero attached hydrogens (tertiary/aromatic N) is 2. The van der Waals surface area contributed by atoms with E-state index in [0.29, 0.717) is 11.1 Å². The lowest BCUT2D eigenvalue weighted by molar-refractivity contribution is 0.421. The standard InChI is InChI=1S/C23H22N6O2/c24-21(25)17-5-1-14(2-6-17)11-28-13-20(30)29(23(28)31)12-15-3-4-16-7-8-18(22(26)27)10-19(16)9-15/h1-10,13,30H,11-12H2,(H3,24,25)(H3,26,27). The molecule has 4 rings (SSSR count). The van der Waals surface area contributed by atoms with Gasteiger partial charge >= 0.3 is 5.69 Å². The first-order valence-corrected chi connectivity index (χ1v) is 9.61. The van der Waals surface area contributed by atoms with Gasteiger partial charge in [0.1, 0.15) is 11.7 Å². The third-order valence-electron chi connectivity index (χ3n) is 5.20. The van der Waals surface area contributed by atoms with E-state index in [-0.39, 0.29) is 36.3 Å². The molecule has 0 saturated carbocycles. The number of aromatic nitrogens is 2. The summed E-state index contributed by atoms with van der Waals surface area (Å²) in [5, 5.41) is 27.3. The quantitative estimate of drug-likeness (QED) is 0.243. The third-order valence-corrected chi connectivity index (χ3v) is 5.20. The highest BCUT2D eigenvalue weighted by Crippen LogP contribution is 2.20. The lowest BCUT2D eigenvalue weighted by atomic mass is 10.0. The lowest BCUT2D eigenvalue weighted by Crippen LogP contribution is -2.25. The molecule has 8 nitrogen and oxygen atoms in total. The molecule has 0 spiro atoms. The summed E-state index contributed by atoms with van der Waals surface area (Å²) < 4.78 is 2.74. The Bertz CT molecular complexity index is 1370. The summed E-state index contributed by atoms with van der Waals surface area (Å²) in [6.07, 6.45) is 1.41. The van der Waals surface area contributed by atoms with Crippen molar-refractivity contribution in [1.82, 2.24) is 9.13 Å². The van der Waals surface area contributed by atoms with Crippen LogP contribution in [-0.4, -0.2) is 25.9 Å². The van der Waals surface area contributed by atoms with Gasteiger partial charge in [-0.15, -0.1) is 0 Å². The SMILES string of the molecule is N=C(N)c1ccc(Cn2cc(O)n(Cc3ccc4ccc(C(=N)N)cc4c3)c2=O)cc1. The van der Waals surface area contributed by atoms with Gasteiger partial charge in [-0.3, -0.25) is 20.0 Å². The van der Waals surface area contributed by atoms with Crippen molar-refractivity contribution in [2.24, 2.45) is 11.5 Å². The molecule has 0 aliphatic heterocycles. The van der Waals surface area contributed by atoms with Crippen molar-refractivity contribution in [3.05, 3.63) is 99.6 Å². The van der Waals surface area contributed by atoms with Crippen LogP contribution < -0.4 is 17.2 Å². The molecule has 0 radical (unpaired) electrons. The molecular formula is C23H22N6O2. The van der Waals surface area contributed by atoms with Crippen molar-refractivity contribution in [2.45, 2.75) is 13.1 Å². The number of hydrogen-bond acceptors (Lipinski definition) is 4. The minimum atomic E-state index is -0.328. The number of fused-ring (bicyclic) bond motifs is 1. The van der Waals surface area contributed by atoms with E-state index < -0.39 is 0 Å². The van der Waals surface area contributed by atoms with Gasteiger partial charge in [0.15, 0.2) is 0 Å². The smallest absolute Gasteiger partial charge is 0.331 e. The molecule has 0 fully saturated rings. The molecule has 1 heterocycles. The second kappa shape index (κ2) is 7.83. The topological polar surface area (TPSA) is 147 Å². The Morgan fingerprint density at radius 2 is 1.42 bits per heavy atom. The van der Waals surface area contributed by atoms with Crippen LogP contribution in [0.25, 0.3) is 10.8 Å². The van der Waals surface area contributed by atoms with Gasteiger partial charge < -0.3 is 16.6 Å². The van der Waals surface area contributed by atoms with E-state index in [1.165, 1.54) is 15.3 Å². The molecule has 0 amide bonds. The summed E-state index contributed by atoms with van der Waals surface area (Å²) in [5.74, 6) is -0.143. The number of benzene rings is 3. The zero-order valence-corrected chi connectivity index (χ0v) is 16.7. The van der Waals surface area contributed by atoms with Crippen LogP contribution in [0.5, 0.6) is 5.88 Å². The van der Waals surface area contributed by atoms with Crippen LogP contribution in [0.3, 0.4) is 0 Å². The van der Waals surface area contributed by atoms with E-state index >= 15 is 0 Å². The summed E-state index contributed by atoms with van der Waals surface area (Å²) in [5.41, 5.74) is 13.7. The average Bonchev–Trinajstić information content (AvgIpc) is 3.01. The van der Waals surface area contributed by atoms with E-state index in [1.54, 1.807) is 30.3 Å². The highest BCUT2D eigenvalue weighted by Gasteiger charge is 2.12. The number of aromatic hydroxyl groups is 1. The van der Waals surface area contributed by atoms with Gasteiger partial charge in [0.2, 0.25) is 5.88 Å². The molecule has 7 N–H and O–H groups in total. The minimum absolute atomic E-state index is 0.00502. The predicted octanol–water partition coefficient (Wildman–Crippen LogP) is 2.17. The van der Waals surface area contributed by atoms with Crippen LogP contribution >= 0.6 is 0 Å². The number of hydrogen-bond donors (Lipinski definition) is 5. The van der Waals surface area contributed by atoms with Crippen LogP contribution in [0.15, 0.2) is 71.7 Å². The Labute approximate surface area is 178 Å². The first-order chi connectivity index (χ1) is 14.8. The van der Waals surface area contributed by atoms with Gasteiger partial charge in [-0.2, -0.15) is 0 Å². The maximum atomic E-state index is 12.8. The van der Waals surface area contributed by atoms with Gasteiger partial charge in [0.05, 0.1) is 19.3 Å². The molecule has 31 heavy (non-hydrogen) atoms. The van der Waals surface area contributed by atoms with Crippen LogP contribution in [0, 0.1) is 10.8 Å². The molecule has 0 aliphatic carbocycles. The zero-order chi connectivity index (χ0) is 22.1. The first kappa shape index (κ1) is 20.0. The molecule has 0 saturated heterocycles. The van der Waals surface area contributed by atoms with E-state index in [0.717, 1.165) is 21.9 Å². The fourth-order valence-corrected chi connectivity index (χ4v) is 3.51. The van der Waals surface area contributed by atoms with Crippen LogP contribution in [-0.2, 0) is 13.1 Å². The molecule has 156 valence electrons. The van der Waals surface area contributed by atoms with Crippen molar-refractivity contribution < 1.29 is 5.11 Å². The van der Waals surface area contributed by atoms with Crippen molar-refractivity contribution >= 4 is 22.4 Å². The summed E-state index contributed by atoms with van der Waals surface area (Å²) in [6.45, 7) is 0.498. The molecule has 8 heteroatoms. The second-order valence-corrected chi connectivity index (χ2v) is 7.40. The average molecular weight is 414 g/mol. The fourth-order valence-electron chi connectivity index (χ4n) is 3.51. The summed E-state index contributed by atoms with van der Waals surface area (Å²) in [4.78, 5) is 12.8. The number of rotatable bonds is 6. The van der Waals surface area contributed by atoms with E-state index in [1.807, 2.05) is 30.3 Å². The summed E-state index contributed by atoms with van der Waals surface area (Å²) in [6, 6.07) is 18.3. The Kier molecular flexibility index (Phi) is 5.04. The molecule has 0 bridgehead atoms. The Hall–Kier alpha value is -4.33. The Morgan fingerprint density at radius 3 is 2.10 bits per heavy atom. The van der Waals surface area contributed by atoms with Gasteiger partial charge in [-0.25, -0.2) is 4.79 Å². The molecule has 1 aromatic heterocycles. The van der Waals surface area contributed by atoms with Gasteiger partial charge in [0, 0.05) is 11.1 Å². The first-order valence-electron chi connectivity index (χ1n) is 9.61. The molecular weight excluding hydrogens is 392 g/mol. The third kappa shape index (κ3) is 4.04. The molecule has 0 atom stereocenters. The molecule has 4 aromatic rings. The number of nitrogen functional groups attached to an aromatic ring is 2. The fraction of sp³-hybridized carbons (Fsp3) is 0.0870. The molecule has 0 unspecified atom stereocenters. The number of nitrogens with two attached hydrogens (primary N) is 2. The second-order valence-electron chi connectivity index (χ2n) is 7.40. The number of amidine groups is 2. The van der Waals surface area contributed by atoms with Crippen molar-refractivity contribution in [2.75, 3.05) is 0 Å². The van der Waals surface area contributed by atoms with Crippen LogP contribution in [0.1, 0.15) is 22.3 Å². The largest absolute Gasteiger partial charge is 0.493 e. The Morgan fingerprint density at radius 1 is 0.806 bits per heavy atom. The van der Waals surface area contributed by atoms with Crippen LogP contribution in [0.4, 0.5) is 0 Å². The highest BCUT2D eigenvalue weighted by molar-refractivity contribution is 5.99. The maximum Gasteiger partial charge on any atom is 0.331 e. The maximum absolute atomic E-state index is 12.8. The van der Waals surface area contributed by atoms with Crippen molar-refractivity contribution in [3.8, 4) is 5.88 Å². The van der Waals surface area contributed by atoms with Crippen molar-refractivity contribution in [1.29, 1.82) is 10.8 Å². The van der Waals surface area contributed by atoms with Gasteiger partial charge in [-0.05, 0) is 34.0 Å². The predicted molar refractivity (Wildman–Crippen MR) is 121 cm³/mol. The van der Waals surface area contributed by atoms with E-state index in [9.17, 15) is 9.90 Å². The van der Waals surface area contributed by atoms with Gasteiger partial charge in [0.25, 0.3) is 0 Å². The monoisotopic (exact) mass is 414 g/mol. The normalized spacial score (nSPS) is 11.0. The molecule has 3 aromatic carbocycles. The highest BCUT2D eigenvalue weighted by atomic mass is 16.3. The number of nitrogens with one attached hydrogen (secondary N) is 2. The summed E-state index contributed by atoms with van der Waals surface area (Å²) >= 11 is 0. The van der Waals surface area contributed by atoms with E-state index in [4.69, 9.17) is 22.3 Å². The lowest BCUT2D eigenvalue weighted by Gasteiger charge is -2.07.